The zero-order chi connectivity index (χ0) is 13.2. The molecule has 5 nitrogen and oxygen atoms in total. The summed E-state index contributed by atoms with van der Waals surface area (Å²) < 4.78 is 0. The molecule has 1 saturated carbocycles. The van der Waals surface area contributed by atoms with Crippen molar-refractivity contribution >= 4 is 11.9 Å². The third kappa shape index (κ3) is 2.83. The third-order valence-electron chi connectivity index (χ3n) is 4.21. The van der Waals surface area contributed by atoms with E-state index in [2.05, 4.69) is 0 Å². The zero-order valence-corrected chi connectivity index (χ0v) is 10.7. The van der Waals surface area contributed by atoms with Gasteiger partial charge in [-0.2, -0.15) is 0 Å². The number of aliphatic carboxylic acids is 1. The quantitative estimate of drug-likeness (QED) is 0.790. The highest BCUT2D eigenvalue weighted by Gasteiger charge is 2.37. The number of piperidine rings is 1. The van der Waals surface area contributed by atoms with Crippen LogP contribution in [0.5, 0.6) is 0 Å². The van der Waals surface area contributed by atoms with Crippen molar-refractivity contribution in [2.24, 2.45) is 5.73 Å². The Labute approximate surface area is 107 Å². The van der Waals surface area contributed by atoms with Crippen molar-refractivity contribution in [1.29, 1.82) is 0 Å². The molecule has 0 aromatic carbocycles. The standard InChI is InChI=1S/C13H22N2O3/c14-13(6-2-3-7-13)9-11(16)15-8-4-1-5-10(15)12(17)18/h10H,1-9,14H2,(H,17,18)/t10-/m1/s1. The molecule has 0 aromatic heterocycles. The number of carbonyl (C=O) groups is 2. The fourth-order valence-electron chi connectivity index (χ4n) is 3.15. The van der Waals surface area contributed by atoms with Crippen LogP contribution in [0.2, 0.25) is 0 Å². The molecule has 0 spiro atoms. The lowest BCUT2D eigenvalue weighted by molar-refractivity contribution is -0.152. The molecule has 0 unspecified atom stereocenters. The molecule has 18 heavy (non-hydrogen) atoms. The van der Waals surface area contributed by atoms with Crippen LogP contribution in [-0.4, -0.2) is 40.0 Å². The molecule has 1 amide bonds. The maximum absolute atomic E-state index is 12.3. The number of hydrogen-bond acceptors (Lipinski definition) is 3. The first-order valence-electron chi connectivity index (χ1n) is 6.83. The number of carboxylic acid groups (broad SMARTS) is 1. The molecule has 0 bridgehead atoms. The van der Waals surface area contributed by atoms with Crippen molar-refractivity contribution in [1.82, 2.24) is 4.90 Å². The van der Waals surface area contributed by atoms with Crippen molar-refractivity contribution in [2.45, 2.75) is 62.9 Å². The van der Waals surface area contributed by atoms with E-state index in [4.69, 9.17) is 10.8 Å². The Bertz CT molecular complexity index is 337. The van der Waals surface area contributed by atoms with Crippen LogP contribution in [0.1, 0.15) is 51.4 Å². The number of amides is 1. The number of rotatable bonds is 3. The van der Waals surface area contributed by atoms with Crippen LogP contribution in [0, 0.1) is 0 Å². The van der Waals surface area contributed by atoms with Gasteiger partial charge in [-0.1, -0.05) is 12.8 Å². The summed E-state index contributed by atoms with van der Waals surface area (Å²) in [4.78, 5) is 24.9. The van der Waals surface area contributed by atoms with Gasteiger partial charge in [0.15, 0.2) is 0 Å². The maximum Gasteiger partial charge on any atom is 0.326 e. The van der Waals surface area contributed by atoms with E-state index >= 15 is 0 Å². The van der Waals surface area contributed by atoms with Gasteiger partial charge in [0, 0.05) is 18.5 Å². The van der Waals surface area contributed by atoms with Crippen LogP contribution in [0.15, 0.2) is 0 Å². The van der Waals surface area contributed by atoms with Crippen LogP contribution in [0.3, 0.4) is 0 Å². The van der Waals surface area contributed by atoms with Crippen molar-refractivity contribution in [3.63, 3.8) is 0 Å². The molecule has 2 aliphatic rings. The van der Waals surface area contributed by atoms with Gasteiger partial charge in [0.1, 0.15) is 6.04 Å². The first-order chi connectivity index (χ1) is 8.52. The molecular weight excluding hydrogens is 232 g/mol. The van der Waals surface area contributed by atoms with Gasteiger partial charge >= 0.3 is 5.97 Å². The van der Waals surface area contributed by atoms with E-state index in [1.54, 1.807) is 0 Å². The number of hydrogen-bond donors (Lipinski definition) is 2. The van der Waals surface area contributed by atoms with E-state index in [1.807, 2.05) is 0 Å². The summed E-state index contributed by atoms with van der Waals surface area (Å²) in [5.74, 6) is -0.966. The molecule has 0 aromatic rings. The highest BCUT2D eigenvalue weighted by Crippen LogP contribution is 2.31. The number of nitrogens with two attached hydrogens (primary N) is 1. The van der Waals surface area contributed by atoms with Gasteiger partial charge in [-0.3, -0.25) is 4.79 Å². The maximum atomic E-state index is 12.3. The summed E-state index contributed by atoms with van der Waals surface area (Å²) in [6, 6.07) is -0.642. The van der Waals surface area contributed by atoms with Crippen LogP contribution in [-0.2, 0) is 9.59 Å². The van der Waals surface area contributed by atoms with E-state index in [9.17, 15) is 9.59 Å². The van der Waals surface area contributed by atoms with Crippen molar-refractivity contribution in [2.75, 3.05) is 6.54 Å². The molecule has 1 atom stereocenters. The minimum absolute atomic E-state index is 0.0773. The van der Waals surface area contributed by atoms with Gasteiger partial charge in [-0.05, 0) is 32.1 Å². The van der Waals surface area contributed by atoms with E-state index in [0.717, 1.165) is 38.5 Å². The predicted octanol–water partition coefficient (Wildman–Crippen LogP) is 1.11. The molecule has 2 fully saturated rings. The predicted molar refractivity (Wildman–Crippen MR) is 67.0 cm³/mol. The average molecular weight is 254 g/mol. The largest absolute Gasteiger partial charge is 0.480 e. The zero-order valence-electron chi connectivity index (χ0n) is 10.7. The molecule has 1 aliphatic heterocycles. The Morgan fingerprint density at radius 2 is 1.89 bits per heavy atom. The molecule has 0 radical (unpaired) electrons. The van der Waals surface area contributed by atoms with Crippen molar-refractivity contribution in [3.05, 3.63) is 0 Å². The van der Waals surface area contributed by atoms with E-state index in [-0.39, 0.29) is 5.91 Å². The smallest absolute Gasteiger partial charge is 0.326 e. The van der Waals surface area contributed by atoms with Crippen LogP contribution >= 0.6 is 0 Å². The fourth-order valence-corrected chi connectivity index (χ4v) is 3.15. The normalized spacial score (nSPS) is 27.2. The lowest BCUT2D eigenvalue weighted by atomic mass is 9.92. The van der Waals surface area contributed by atoms with E-state index in [1.165, 1.54) is 4.90 Å². The molecule has 3 N–H and O–H groups in total. The molecule has 1 heterocycles. The summed E-state index contributed by atoms with van der Waals surface area (Å²) in [5, 5.41) is 9.16. The third-order valence-corrected chi connectivity index (χ3v) is 4.21. The lowest BCUT2D eigenvalue weighted by Gasteiger charge is -2.35. The molecule has 1 saturated heterocycles. The Kier molecular flexibility index (Phi) is 3.90. The van der Waals surface area contributed by atoms with Crippen molar-refractivity contribution in [3.8, 4) is 0 Å². The summed E-state index contributed by atoms with van der Waals surface area (Å²) in [6.45, 7) is 0.561. The first kappa shape index (κ1) is 13.3. The summed E-state index contributed by atoms with van der Waals surface area (Å²) in [6.07, 6.45) is 6.56. The monoisotopic (exact) mass is 254 g/mol. The molecule has 1 aliphatic carbocycles. The molecule has 5 heteroatoms. The van der Waals surface area contributed by atoms with Crippen LogP contribution < -0.4 is 5.73 Å². The number of carbonyl (C=O) groups excluding carboxylic acids is 1. The summed E-state index contributed by atoms with van der Waals surface area (Å²) >= 11 is 0. The Morgan fingerprint density at radius 1 is 1.22 bits per heavy atom. The second kappa shape index (κ2) is 5.26. The van der Waals surface area contributed by atoms with Gasteiger partial charge < -0.3 is 15.7 Å². The highest BCUT2D eigenvalue weighted by molar-refractivity contribution is 5.84. The summed E-state index contributed by atoms with van der Waals surface area (Å²) in [7, 11) is 0. The average Bonchev–Trinajstić information content (AvgIpc) is 2.75. The number of carboxylic acids is 1. The molecular formula is C13H22N2O3. The van der Waals surface area contributed by atoms with Gasteiger partial charge in [-0.25, -0.2) is 4.79 Å². The highest BCUT2D eigenvalue weighted by atomic mass is 16.4. The topological polar surface area (TPSA) is 83.6 Å². The van der Waals surface area contributed by atoms with Gasteiger partial charge in [0.05, 0.1) is 0 Å². The minimum atomic E-state index is -0.888. The SMILES string of the molecule is NC1(CC(=O)N2CCCC[C@@H]2C(=O)O)CCCC1. The van der Waals surface area contributed by atoms with Crippen molar-refractivity contribution < 1.29 is 14.7 Å². The van der Waals surface area contributed by atoms with Crippen LogP contribution in [0.4, 0.5) is 0 Å². The van der Waals surface area contributed by atoms with E-state index < -0.39 is 17.6 Å². The second-order valence-corrected chi connectivity index (χ2v) is 5.68. The minimum Gasteiger partial charge on any atom is -0.480 e. The van der Waals surface area contributed by atoms with Gasteiger partial charge in [-0.15, -0.1) is 0 Å². The number of nitrogens with zero attached hydrogens (tertiary/aromatic N) is 1. The molecule has 2 rings (SSSR count). The second-order valence-electron chi connectivity index (χ2n) is 5.68. The molecule has 102 valence electrons. The van der Waals surface area contributed by atoms with Gasteiger partial charge in [0.2, 0.25) is 5.91 Å². The first-order valence-corrected chi connectivity index (χ1v) is 6.83. The Balaban J connectivity index is 2.00. The summed E-state index contributed by atoms with van der Waals surface area (Å²) in [5.41, 5.74) is 5.80. The van der Waals surface area contributed by atoms with E-state index in [0.29, 0.717) is 19.4 Å². The lowest BCUT2D eigenvalue weighted by Crippen LogP contribution is -2.51. The Morgan fingerprint density at radius 3 is 2.50 bits per heavy atom. The number of likely N-dealkylation sites (tertiary alicyclic amines) is 1. The van der Waals surface area contributed by atoms with Crippen LogP contribution in [0.25, 0.3) is 0 Å². The van der Waals surface area contributed by atoms with Gasteiger partial charge in [0.25, 0.3) is 0 Å². The fraction of sp³-hybridized carbons (Fsp3) is 0.846. The Hall–Kier alpha value is -1.10.